The van der Waals surface area contributed by atoms with Crippen LogP contribution in [0.2, 0.25) is 0 Å². The number of hydrogen-bond acceptors (Lipinski definition) is 6. The lowest BCUT2D eigenvalue weighted by atomic mass is 10.4. The normalized spacial score (nSPS) is 11.1. The second-order valence-corrected chi connectivity index (χ2v) is 4.86. The summed E-state index contributed by atoms with van der Waals surface area (Å²) in [6.07, 6.45) is 2.26. The van der Waals surface area contributed by atoms with Gasteiger partial charge in [0.1, 0.15) is 4.90 Å². The third-order valence-electron chi connectivity index (χ3n) is 1.88. The molecule has 0 aliphatic rings. The van der Waals surface area contributed by atoms with Crippen molar-refractivity contribution in [3.63, 3.8) is 0 Å². The van der Waals surface area contributed by atoms with E-state index in [9.17, 15) is 13.2 Å². The summed E-state index contributed by atoms with van der Waals surface area (Å²) in [6.45, 7) is 0.00633. The molecule has 1 aromatic heterocycles. The van der Waals surface area contributed by atoms with Gasteiger partial charge in [0.05, 0.1) is 12.4 Å². The molecule has 0 fully saturated rings. The van der Waals surface area contributed by atoms with Crippen LogP contribution in [0.1, 0.15) is 6.42 Å². The van der Waals surface area contributed by atoms with Crippen LogP contribution in [-0.4, -0.2) is 37.9 Å². The Balaban J connectivity index is 2.63. The van der Waals surface area contributed by atoms with Gasteiger partial charge in [0.15, 0.2) is 0 Å². The molecule has 0 spiro atoms. The van der Waals surface area contributed by atoms with Gasteiger partial charge in [-0.25, -0.2) is 23.1 Å². The third kappa shape index (κ3) is 3.96. The Morgan fingerprint density at radius 1 is 1.41 bits per heavy atom. The number of nitrogen functional groups attached to an aromatic ring is 1. The van der Waals surface area contributed by atoms with Gasteiger partial charge < -0.3 is 11.1 Å². The smallest absolute Gasteiger partial charge is 0.243 e. The molecule has 0 saturated heterocycles. The molecule has 17 heavy (non-hydrogen) atoms. The second kappa shape index (κ2) is 5.55. The molecule has 0 saturated carbocycles. The van der Waals surface area contributed by atoms with Crippen molar-refractivity contribution in [2.45, 2.75) is 11.3 Å². The van der Waals surface area contributed by atoms with Crippen LogP contribution < -0.4 is 15.8 Å². The second-order valence-electron chi connectivity index (χ2n) is 3.10. The predicted octanol–water partition coefficient (Wildman–Crippen LogP) is -1.53. The van der Waals surface area contributed by atoms with Gasteiger partial charge in [-0.2, -0.15) is 0 Å². The lowest BCUT2D eigenvalue weighted by Gasteiger charge is -2.05. The Hall–Kier alpha value is -1.74. The first-order valence-electron chi connectivity index (χ1n) is 4.73. The van der Waals surface area contributed by atoms with Crippen molar-refractivity contribution in [2.24, 2.45) is 0 Å². The average molecular weight is 259 g/mol. The van der Waals surface area contributed by atoms with E-state index in [0.29, 0.717) is 0 Å². The van der Waals surface area contributed by atoms with Crippen LogP contribution in [0.3, 0.4) is 0 Å². The van der Waals surface area contributed by atoms with Crippen molar-refractivity contribution in [3.05, 3.63) is 12.4 Å². The quantitative estimate of drug-likeness (QED) is 0.589. The van der Waals surface area contributed by atoms with Gasteiger partial charge in [0.25, 0.3) is 0 Å². The van der Waals surface area contributed by atoms with Gasteiger partial charge in [-0.1, -0.05) is 0 Å². The van der Waals surface area contributed by atoms with E-state index >= 15 is 0 Å². The summed E-state index contributed by atoms with van der Waals surface area (Å²) < 4.78 is 25.5. The van der Waals surface area contributed by atoms with Crippen LogP contribution in [0.25, 0.3) is 0 Å². The van der Waals surface area contributed by atoms with E-state index in [1.165, 1.54) is 7.05 Å². The monoisotopic (exact) mass is 259 g/mol. The Bertz CT molecular complexity index is 484. The zero-order valence-corrected chi connectivity index (χ0v) is 9.99. The number of amides is 1. The van der Waals surface area contributed by atoms with Crippen LogP contribution in [0.15, 0.2) is 17.3 Å². The van der Waals surface area contributed by atoms with E-state index in [1.807, 2.05) is 0 Å². The number of carbonyl (C=O) groups is 1. The Morgan fingerprint density at radius 3 is 2.53 bits per heavy atom. The lowest BCUT2D eigenvalue weighted by Crippen LogP contribution is -2.29. The Kier molecular flexibility index (Phi) is 4.35. The molecule has 1 aromatic rings. The van der Waals surface area contributed by atoms with Crippen molar-refractivity contribution in [1.82, 2.24) is 20.0 Å². The molecule has 94 valence electrons. The maximum Gasteiger partial charge on any atom is 0.243 e. The van der Waals surface area contributed by atoms with Gasteiger partial charge in [-0.15, -0.1) is 0 Å². The highest BCUT2D eigenvalue weighted by molar-refractivity contribution is 7.89. The van der Waals surface area contributed by atoms with Crippen molar-refractivity contribution in [3.8, 4) is 0 Å². The summed E-state index contributed by atoms with van der Waals surface area (Å²) in [5, 5.41) is 2.38. The first-order valence-corrected chi connectivity index (χ1v) is 6.22. The maximum atomic E-state index is 11.6. The van der Waals surface area contributed by atoms with Crippen LogP contribution in [0.5, 0.6) is 0 Å². The van der Waals surface area contributed by atoms with E-state index in [2.05, 4.69) is 20.0 Å². The minimum absolute atomic E-state index is 0.00527. The molecule has 1 amide bonds. The number of nitrogens with two attached hydrogens (primary N) is 1. The molecule has 0 atom stereocenters. The molecule has 0 unspecified atom stereocenters. The largest absolute Gasteiger partial charge is 0.368 e. The number of hydrogen-bond donors (Lipinski definition) is 3. The third-order valence-corrected chi connectivity index (χ3v) is 3.30. The standard InChI is InChI=1S/C8H13N5O3S/c1-10-7(14)2-3-13-17(15,16)6-4-11-8(9)12-5-6/h4-5,13H,2-3H2,1H3,(H,10,14)(H2,9,11,12). The van der Waals surface area contributed by atoms with Gasteiger partial charge in [-0.05, 0) is 0 Å². The van der Waals surface area contributed by atoms with Crippen molar-refractivity contribution >= 4 is 21.9 Å². The highest BCUT2D eigenvalue weighted by atomic mass is 32.2. The van der Waals surface area contributed by atoms with Gasteiger partial charge in [-0.3, -0.25) is 4.79 Å². The summed E-state index contributed by atoms with van der Waals surface area (Å²) in [5.41, 5.74) is 5.24. The fourth-order valence-electron chi connectivity index (χ4n) is 0.972. The highest BCUT2D eigenvalue weighted by Crippen LogP contribution is 2.05. The summed E-state index contributed by atoms with van der Waals surface area (Å²) >= 11 is 0. The molecule has 1 rings (SSSR count). The number of anilines is 1. The fourth-order valence-corrected chi connectivity index (χ4v) is 1.89. The number of rotatable bonds is 5. The molecular formula is C8H13N5O3S. The average Bonchev–Trinajstić information content (AvgIpc) is 2.29. The minimum atomic E-state index is -3.69. The van der Waals surface area contributed by atoms with Crippen molar-refractivity contribution in [2.75, 3.05) is 19.3 Å². The predicted molar refractivity (Wildman–Crippen MR) is 60.3 cm³/mol. The minimum Gasteiger partial charge on any atom is -0.368 e. The zero-order valence-electron chi connectivity index (χ0n) is 9.17. The molecule has 0 aliphatic carbocycles. The maximum absolute atomic E-state index is 11.6. The molecule has 1 heterocycles. The molecule has 9 heteroatoms. The van der Waals surface area contributed by atoms with E-state index < -0.39 is 10.0 Å². The summed E-state index contributed by atoms with van der Waals surface area (Å²) in [5.74, 6) is -0.254. The number of carbonyl (C=O) groups excluding carboxylic acids is 1. The Labute approximate surface area is 98.7 Å². The molecule has 0 aliphatic heterocycles. The number of nitrogens with zero attached hydrogens (tertiary/aromatic N) is 2. The van der Waals surface area contributed by atoms with E-state index in [1.54, 1.807) is 0 Å². The van der Waals surface area contributed by atoms with Crippen LogP contribution in [0.4, 0.5) is 5.95 Å². The topological polar surface area (TPSA) is 127 Å². The molecule has 0 bridgehead atoms. The summed E-state index contributed by atoms with van der Waals surface area (Å²) in [4.78, 5) is 17.9. The van der Waals surface area contributed by atoms with E-state index in [0.717, 1.165) is 12.4 Å². The van der Waals surface area contributed by atoms with Gasteiger partial charge in [0, 0.05) is 20.0 Å². The first-order chi connectivity index (χ1) is 7.95. The molecule has 4 N–H and O–H groups in total. The number of sulfonamides is 1. The highest BCUT2D eigenvalue weighted by Gasteiger charge is 2.14. The van der Waals surface area contributed by atoms with Gasteiger partial charge in [0.2, 0.25) is 21.9 Å². The molecule has 8 nitrogen and oxygen atoms in total. The molecule has 0 aromatic carbocycles. The zero-order chi connectivity index (χ0) is 12.9. The fraction of sp³-hybridized carbons (Fsp3) is 0.375. The van der Waals surface area contributed by atoms with Gasteiger partial charge >= 0.3 is 0 Å². The van der Waals surface area contributed by atoms with Crippen LogP contribution in [0, 0.1) is 0 Å². The number of nitrogens with one attached hydrogen (secondary N) is 2. The molecular weight excluding hydrogens is 246 g/mol. The summed E-state index contributed by atoms with van der Waals surface area (Å²) in [7, 11) is -2.21. The number of aromatic nitrogens is 2. The molecule has 0 radical (unpaired) electrons. The summed E-state index contributed by atoms with van der Waals surface area (Å²) in [6, 6.07) is 0. The van der Waals surface area contributed by atoms with Crippen LogP contribution >= 0.6 is 0 Å². The van der Waals surface area contributed by atoms with E-state index in [4.69, 9.17) is 5.73 Å². The lowest BCUT2D eigenvalue weighted by molar-refractivity contribution is -0.120. The SMILES string of the molecule is CNC(=O)CCNS(=O)(=O)c1cnc(N)nc1. The first kappa shape index (κ1) is 13.3. The van der Waals surface area contributed by atoms with Crippen molar-refractivity contribution < 1.29 is 13.2 Å². The Morgan fingerprint density at radius 2 is 2.00 bits per heavy atom. The van der Waals surface area contributed by atoms with Crippen LogP contribution in [-0.2, 0) is 14.8 Å². The van der Waals surface area contributed by atoms with E-state index in [-0.39, 0.29) is 29.7 Å². The van der Waals surface area contributed by atoms with Crippen molar-refractivity contribution in [1.29, 1.82) is 0 Å².